The molecule has 0 atom stereocenters. The molecule has 1 heterocycles. The van der Waals surface area contributed by atoms with Crippen LogP contribution in [0.5, 0.6) is 0 Å². The van der Waals surface area contributed by atoms with Crippen molar-refractivity contribution in [2.24, 2.45) is 0 Å². The second-order valence-electron chi connectivity index (χ2n) is 4.86. The summed E-state index contributed by atoms with van der Waals surface area (Å²) in [6, 6.07) is 5.38. The lowest BCUT2D eigenvalue weighted by atomic mass is 10.1. The first kappa shape index (κ1) is 12.7. The molecule has 1 N–H and O–H groups in total. The van der Waals surface area contributed by atoms with E-state index < -0.39 is 4.92 Å². The lowest BCUT2D eigenvalue weighted by molar-refractivity contribution is -0.385. The van der Waals surface area contributed by atoms with Gasteiger partial charge in [0.1, 0.15) is 0 Å². The van der Waals surface area contributed by atoms with Crippen LogP contribution in [-0.2, 0) is 6.54 Å². The van der Waals surface area contributed by atoms with Crippen molar-refractivity contribution in [2.45, 2.75) is 32.4 Å². The van der Waals surface area contributed by atoms with Gasteiger partial charge in [-0.05, 0) is 25.8 Å². The fourth-order valence-corrected chi connectivity index (χ4v) is 2.01. The molecule has 1 aliphatic rings. The second kappa shape index (κ2) is 5.01. The van der Waals surface area contributed by atoms with E-state index in [4.69, 9.17) is 4.42 Å². The molecule has 3 rings (SSSR count). The minimum Gasteiger partial charge on any atom is -0.419 e. The number of benzene rings is 1. The topological polar surface area (TPSA) is 94.1 Å². The van der Waals surface area contributed by atoms with Gasteiger partial charge < -0.3 is 9.73 Å². The molecule has 0 saturated heterocycles. The van der Waals surface area contributed by atoms with E-state index in [0.717, 1.165) is 0 Å². The van der Waals surface area contributed by atoms with Crippen LogP contribution in [0, 0.1) is 17.0 Å². The first-order valence-electron chi connectivity index (χ1n) is 6.45. The summed E-state index contributed by atoms with van der Waals surface area (Å²) in [7, 11) is 0. The van der Waals surface area contributed by atoms with Gasteiger partial charge in [0.2, 0.25) is 11.8 Å². The number of nitro benzene ring substituents is 1. The summed E-state index contributed by atoms with van der Waals surface area (Å²) in [6.45, 7) is 2.21. The molecular weight excluding hydrogens is 260 g/mol. The Kier molecular flexibility index (Phi) is 3.19. The van der Waals surface area contributed by atoms with Crippen molar-refractivity contribution in [1.29, 1.82) is 0 Å². The molecule has 1 aliphatic carbocycles. The maximum Gasteiger partial charge on any atom is 0.273 e. The van der Waals surface area contributed by atoms with Crippen molar-refractivity contribution in [3.05, 3.63) is 39.8 Å². The highest BCUT2D eigenvalue weighted by molar-refractivity contribution is 5.64. The van der Waals surface area contributed by atoms with Gasteiger partial charge in [0.25, 0.3) is 5.69 Å². The van der Waals surface area contributed by atoms with Gasteiger partial charge in [0.05, 0.1) is 11.5 Å². The number of nitrogens with zero attached hydrogens (tertiary/aromatic N) is 3. The van der Waals surface area contributed by atoms with E-state index >= 15 is 0 Å². The van der Waals surface area contributed by atoms with Crippen LogP contribution in [0.1, 0.15) is 24.3 Å². The summed E-state index contributed by atoms with van der Waals surface area (Å²) in [5, 5.41) is 22.1. The van der Waals surface area contributed by atoms with Gasteiger partial charge in [-0.25, -0.2) is 0 Å². The third-order valence-electron chi connectivity index (χ3n) is 3.32. The smallest absolute Gasteiger partial charge is 0.273 e. The van der Waals surface area contributed by atoms with E-state index in [9.17, 15) is 10.1 Å². The number of aromatic nitrogens is 2. The predicted octanol–water partition coefficient (Wildman–Crippen LogP) is 2.21. The van der Waals surface area contributed by atoms with Crippen LogP contribution in [0.4, 0.5) is 5.69 Å². The molecule has 1 fully saturated rings. The Morgan fingerprint density at radius 2 is 2.25 bits per heavy atom. The highest BCUT2D eigenvalue weighted by atomic mass is 16.6. The van der Waals surface area contributed by atoms with Gasteiger partial charge >= 0.3 is 0 Å². The molecule has 104 valence electrons. The van der Waals surface area contributed by atoms with Crippen molar-refractivity contribution in [3.63, 3.8) is 0 Å². The first-order chi connectivity index (χ1) is 9.65. The van der Waals surface area contributed by atoms with Crippen LogP contribution in [0.2, 0.25) is 0 Å². The monoisotopic (exact) mass is 274 g/mol. The average Bonchev–Trinajstić information content (AvgIpc) is 3.14. The first-order valence-corrected chi connectivity index (χ1v) is 6.45. The molecule has 1 aromatic carbocycles. The maximum atomic E-state index is 10.9. The molecule has 2 aromatic rings. The van der Waals surface area contributed by atoms with Crippen LogP contribution in [0.25, 0.3) is 11.5 Å². The van der Waals surface area contributed by atoms with Crippen LogP contribution < -0.4 is 5.32 Å². The van der Waals surface area contributed by atoms with Gasteiger partial charge in [0, 0.05) is 23.2 Å². The average molecular weight is 274 g/mol. The number of rotatable bonds is 5. The molecule has 1 saturated carbocycles. The largest absolute Gasteiger partial charge is 0.419 e. The molecule has 0 aliphatic heterocycles. The summed E-state index contributed by atoms with van der Waals surface area (Å²) in [5.74, 6) is 0.816. The fraction of sp³-hybridized carbons (Fsp3) is 0.385. The number of hydrogen-bond donors (Lipinski definition) is 1. The summed E-state index contributed by atoms with van der Waals surface area (Å²) >= 11 is 0. The molecule has 0 spiro atoms. The van der Waals surface area contributed by atoms with Gasteiger partial charge in [0.15, 0.2) is 0 Å². The Bertz CT molecular complexity index is 649. The molecule has 1 aromatic heterocycles. The summed E-state index contributed by atoms with van der Waals surface area (Å²) < 4.78 is 5.56. The standard InChI is InChI=1S/C13H14N4O3/c1-8-10(3-2-4-11(8)17(18)19)13-16-15-12(20-13)7-14-9-5-6-9/h2-4,9,14H,5-7H2,1H3. The van der Waals surface area contributed by atoms with Crippen molar-refractivity contribution in [2.75, 3.05) is 0 Å². The molecule has 7 heteroatoms. The van der Waals surface area contributed by atoms with Crippen LogP contribution in [0.15, 0.2) is 22.6 Å². The van der Waals surface area contributed by atoms with Crippen molar-refractivity contribution in [1.82, 2.24) is 15.5 Å². The Morgan fingerprint density at radius 3 is 2.95 bits per heavy atom. The molecule has 0 unspecified atom stereocenters. The Labute approximate surface area is 115 Å². The minimum atomic E-state index is -0.412. The van der Waals surface area contributed by atoms with E-state index in [1.165, 1.54) is 18.9 Å². The van der Waals surface area contributed by atoms with E-state index in [0.29, 0.717) is 35.5 Å². The zero-order valence-electron chi connectivity index (χ0n) is 11.0. The zero-order chi connectivity index (χ0) is 14.1. The third kappa shape index (κ3) is 2.53. The summed E-state index contributed by atoms with van der Waals surface area (Å²) in [6.07, 6.45) is 2.37. The minimum absolute atomic E-state index is 0.0540. The number of nitro groups is 1. The molecule has 0 bridgehead atoms. The lowest BCUT2D eigenvalue weighted by Gasteiger charge is -2.01. The highest BCUT2D eigenvalue weighted by Crippen LogP contribution is 2.29. The quantitative estimate of drug-likeness (QED) is 0.663. The van der Waals surface area contributed by atoms with Crippen molar-refractivity contribution >= 4 is 5.69 Å². The van der Waals surface area contributed by atoms with E-state index in [2.05, 4.69) is 15.5 Å². The van der Waals surface area contributed by atoms with Gasteiger partial charge in [-0.2, -0.15) is 0 Å². The van der Waals surface area contributed by atoms with Crippen molar-refractivity contribution < 1.29 is 9.34 Å². The third-order valence-corrected chi connectivity index (χ3v) is 3.32. The normalized spacial score (nSPS) is 14.4. The van der Waals surface area contributed by atoms with E-state index in [-0.39, 0.29) is 5.69 Å². The van der Waals surface area contributed by atoms with Crippen LogP contribution in [-0.4, -0.2) is 21.2 Å². The number of nitrogens with one attached hydrogen (secondary N) is 1. The van der Waals surface area contributed by atoms with Crippen LogP contribution in [0.3, 0.4) is 0 Å². The molecule has 0 amide bonds. The molecular formula is C13H14N4O3. The van der Waals surface area contributed by atoms with Crippen LogP contribution >= 0.6 is 0 Å². The Morgan fingerprint density at radius 1 is 1.45 bits per heavy atom. The summed E-state index contributed by atoms with van der Waals surface area (Å²) in [4.78, 5) is 10.5. The molecule has 7 nitrogen and oxygen atoms in total. The predicted molar refractivity (Wildman–Crippen MR) is 71.0 cm³/mol. The fourth-order valence-electron chi connectivity index (χ4n) is 2.01. The van der Waals surface area contributed by atoms with E-state index in [1.54, 1.807) is 19.1 Å². The SMILES string of the molecule is Cc1c(-c2nnc(CNC3CC3)o2)cccc1[N+](=O)[O-]. The maximum absolute atomic E-state index is 10.9. The van der Waals surface area contributed by atoms with Gasteiger partial charge in [-0.15, -0.1) is 10.2 Å². The Balaban J connectivity index is 1.84. The van der Waals surface area contributed by atoms with E-state index in [1.807, 2.05) is 0 Å². The highest BCUT2D eigenvalue weighted by Gasteiger charge is 2.22. The Hall–Kier alpha value is -2.28. The van der Waals surface area contributed by atoms with Crippen molar-refractivity contribution in [3.8, 4) is 11.5 Å². The molecule has 20 heavy (non-hydrogen) atoms. The van der Waals surface area contributed by atoms with Gasteiger partial charge in [-0.3, -0.25) is 10.1 Å². The van der Waals surface area contributed by atoms with Gasteiger partial charge in [-0.1, -0.05) is 6.07 Å². The summed E-state index contributed by atoms with van der Waals surface area (Å²) in [5.41, 5.74) is 1.19. The lowest BCUT2D eigenvalue weighted by Crippen LogP contribution is -2.15. The number of hydrogen-bond acceptors (Lipinski definition) is 6. The second-order valence-corrected chi connectivity index (χ2v) is 4.86. The zero-order valence-corrected chi connectivity index (χ0v) is 11.0. The molecule has 0 radical (unpaired) electrons.